The number of nitrogens with zero attached hydrogens (tertiary/aromatic N) is 2. The number of H-pyrrole nitrogens is 1. The van der Waals surface area contributed by atoms with E-state index in [1.54, 1.807) is 6.07 Å². The van der Waals surface area contributed by atoms with Crippen LogP contribution in [0.1, 0.15) is 0 Å². The summed E-state index contributed by atoms with van der Waals surface area (Å²) in [5, 5.41) is 11.1. The van der Waals surface area contributed by atoms with Crippen LogP contribution in [0.15, 0.2) is 24.4 Å². The molecule has 0 saturated heterocycles. The van der Waals surface area contributed by atoms with E-state index in [0.717, 1.165) is 5.52 Å². The van der Waals surface area contributed by atoms with Crippen molar-refractivity contribution >= 4 is 28.8 Å². The molecule has 1 N–H and O–H groups in total. The van der Waals surface area contributed by atoms with Crippen molar-refractivity contribution < 1.29 is 4.92 Å². The SMILES string of the molecule is O=[N+]([O-])c1ccc2[nH]c(=S)ncc2c1. The lowest BCUT2D eigenvalue weighted by Gasteiger charge is -1.96. The van der Waals surface area contributed by atoms with Crippen LogP contribution in [-0.2, 0) is 0 Å². The van der Waals surface area contributed by atoms with Gasteiger partial charge < -0.3 is 4.98 Å². The standard InChI is InChI=1S/C8H5N3O2S/c12-11(13)6-1-2-7-5(3-6)4-9-8(14)10-7/h1-4H,(H,9,10,14). The summed E-state index contributed by atoms with van der Waals surface area (Å²) in [5.74, 6) is 0. The number of nitro groups is 1. The molecule has 0 atom stereocenters. The van der Waals surface area contributed by atoms with E-state index in [1.807, 2.05) is 0 Å². The van der Waals surface area contributed by atoms with Gasteiger partial charge in [0.2, 0.25) is 0 Å². The van der Waals surface area contributed by atoms with Crippen molar-refractivity contribution in [3.05, 3.63) is 39.3 Å². The third-order valence-corrected chi connectivity index (χ3v) is 2.02. The molecule has 14 heavy (non-hydrogen) atoms. The van der Waals surface area contributed by atoms with Crippen molar-refractivity contribution in [1.82, 2.24) is 9.97 Å². The van der Waals surface area contributed by atoms with Gasteiger partial charge in [0, 0.05) is 29.2 Å². The summed E-state index contributed by atoms with van der Waals surface area (Å²) in [6, 6.07) is 4.49. The summed E-state index contributed by atoms with van der Waals surface area (Å²) in [6.45, 7) is 0. The molecule has 2 aromatic rings. The molecule has 0 fully saturated rings. The predicted octanol–water partition coefficient (Wildman–Crippen LogP) is 2.20. The molecule has 0 amide bonds. The lowest BCUT2D eigenvalue weighted by molar-refractivity contribution is -0.384. The molecule has 0 spiro atoms. The average Bonchev–Trinajstić information content (AvgIpc) is 2.16. The van der Waals surface area contributed by atoms with Gasteiger partial charge in [0.15, 0.2) is 4.77 Å². The molecule has 0 aliphatic rings. The Morgan fingerprint density at radius 3 is 3.00 bits per heavy atom. The molecule has 0 saturated carbocycles. The van der Waals surface area contributed by atoms with Crippen LogP contribution in [0.5, 0.6) is 0 Å². The van der Waals surface area contributed by atoms with Gasteiger partial charge in [0.25, 0.3) is 5.69 Å². The first kappa shape index (κ1) is 8.76. The van der Waals surface area contributed by atoms with Crippen molar-refractivity contribution in [2.45, 2.75) is 0 Å². The van der Waals surface area contributed by atoms with Crippen molar-refractivity contribution in [3.8, 4) is 0 Å². The van der Waals surface area contributed by atoms with Crippen molar-refractivity contribution in [2.75, 3.05) is 0 Å². The minimum Gasteiger partial charge on any atom is -0.330 e. The minimum absolute atomic E-state index is 0.0461. The summed E-state index contributed by atoms with van der Waals surface area (Å²) in [4.78, 5) is 16.7. The Hall–Kier alpha value is -1.82. The summed E-state index contributed by atoms with van der Waals surface area (Å²) in [7, 11) is 0. The number of non-ortho nitro benzene ring substituents is 1. The Kier molecular flexibility index (Phi) is 1.97. The number of benzene rings is 1. The number of fused-ring (bicyclic) bond motifs is 1. The molecule has 6 heteroatoms. The zero-order valence-corrected chi connectivity index (χ0v) is 7.75. The molecule has 5 nitrogen and oxygen atoms in total. The lowest BCUT2D eigenvalue weighted by Crippen LogP contribution is -1.89. The van der Waals surface area contributed by atoms with E-state index in [0.29, 0.717) is 10.2 Å². The van der Waals surface area contributed by atoms with Gasteiger partial charge in [-0.15, -0.1) is 0 Å². The van der Waals surface area contributed by atoms with Crippen LogP contribution < -0.4 is 0 Å². The van der Waals surface area contributed by atoms with Crippen LogP contribution in [-0.4, -0.2) is 14.9 Å². The van der Waals surface area contributed by atoms with E-state index in [4.69, 9.17) is 12.2 Å². The van der Waals surface area contributed by atoms with Gasteiger partial charge in [-0.3, -0.25) is 10.1 Å². The second kappa shape index (κ2) is 3.15. The van der Waals surface area contributed by atoms with Crippen LogP contribution in [0.3, 0.4) is 0 Å². The molecule has 2 rings (SSSR count). The normalized spacial score (nSPS) is 10.3. The highest BCUT2D eigenvalue weighted by Gasteiger charge is 2.05. The predicted molar refractivity (Wildman–Crippen MR) is 53.6 cm³/mol. The van der Waals surface area contributed by atoms with E-state index < -0.39 is 4.92 Å². The molecule has 70 valence electrons. The van der Waals surface area contributed by atoms with E-state index in [2.05, 4.69) is 9.97 Å². The lowest BCUT2D eigenvalue weighted by atomic mass is 10.2. The zero-order chi connectivity index (χ0) is 10.1. The molecule has 1 aromatic heterocycles. The summed E-state index contributed by atoms with van der Waals surface area (Å²) in [5.41, 5.74) is 0.792. The summed E-state index contributed by atoms with van der Waals surface area (Å²) >= 11 is 4.82. The van der Waals surface area contributed by atoms with Crippen molar-refractivity contribution in [2.24, 2.45) is 0 Å². The molecular formula is C8H5N3O2S. The van der Waals surface area contributed by atoms with Crippen molar-refractivity contribution in [1.29, 1.82) is 0 Å². The second-order valence-corrected chi connectivity index (χ2v) is 3.10. The quantitative estimate of drug-likeness (QED) is 0.442. The maximum absolute atomic E-state index is 10.5. The molecule has 0 radical (unpaired) electrons. The van der Waals surface area contributed by atoms with Crippen LogP contribution in [0, 0.1) is 14.9 Å². The highest BCUT2D eigenvalue weighted by molar-refractivity contribution is 7.71. The number of nitro benzene ring substituents is 1. The first-order chi connectivity index (χ1) is 6.66. The van der Waals surface area contributed by atoms with Crippen LogP contribution in [0.4, 0.5) is 5.69 Å². The molecule has 0 aliphatic carbocycles. The summed E-state index contributed by atoms with van der Waals surface area (Å²) < 4.78 is 0.367. The number of rotatable bonds is 1. The third-order valence-electron chi connectivity index (χ3n) is 1.81. The van der Waals surface area contributed by atoms with Gasteiger partial charge >= 0.3 is 0 Å². The highest BCUT2D eigenvalue weighted by atomic mass is 32.1. The third kappa shape index (κ3) is 1.47. The molecule has 0 unspecified atom stereocenters. The second-order valence-electron chi connectivity index (χ2n) is 2.72. The topological polar surface area (TPSA) is 71.8 Å². The number of hydrogen-bond donors (Lipinski definition) is 1. The highest BCUT2D eigenvalue weighted by Crippen LogP contribution is 2.17. The fourth-order valence-corrected chi connectivity index (χ4v) is 1.32. The van der Waals surface area contributed by atoms with Gasteiger partial charge in [-0.05, 0) is 18.3 Å². The fourth-order valence-electron chi connectivity index (χ4n) is 1.16. The van der Waals surface area contributed by atoms with Crippen LogP contribution >= 0.6 is 12.2 Å². The Labute approximate surface area is 83.6 Å². The van der Waals surface area contributed by atoms with E-state index in [9.17, 15) is 10.1 Å². The zero-order valence-electron chi connectivity index (χ0n) is 6.93. The monoisotopic (exact) mass is 207 g/mol. The Morgan fingerprint density at radius 1 is 1.50 bits per heavy atom. The van der Waals surface area contributed by atoms with Crippen LogP contribution in [0.25, 0.3) is 10.9 Å². The van der Waals surface area contributed by atoms with E-state index >= 15 is 0 Å². The Bertz CT molecular complexity index is 564. The number of hydrogen-bond acceptors (Lipinski definition) is 4. The van der Waals surface area contributed by atoms with Gasteiger partial charge in [-0.25, -0.2) is 4.98 Å². The smallest absolute Gasteiger partial charge is 0.270 e. The van der Waals surface area contributed by atoms with Gasteiger partial charge in [0.05, 0.1) is 4.92 Å². The number of aromatic amines is 1. The maximum atomic E-state index is 10.5. The molecule has 0 bridgehead atoms. The number of nitrogens with one attached hydrogen (secondary N) is 1. The van der Waals surface area contributed by atoms with Gasteiger partial charge in [-0.2, -0.15) is 0 Å². The number of aromatic nitrogens is 2. The Morgan fingerprint density at radius 2 is 2.29 bits per heavy atom. The summed E-state index contributed by atoms with van der Waals surface area (Å²) in [6.07, 6.45) is 1.52. The van der Waals surface area contributed by atoms with E-state index in [1.165, 1.54) is 18.3 Å². The average molecular weight is 207 g/mol. The maximum Gasteiger partial charge on any atom is 0.270 e. The largest absolute Gasteiger partial charge is 0.330 e. The van der Waals surface area contributed by atoms with Crippen LogP contribution in [0.2, 0.25) is 0 Å². The molecule has 0 aliphatic heterocycles. The Balaban J connectivity index is 2.73. The van der Waals surface area contributed by atoms with Crippen molar-refractivity contribution in [3.63, 3.8) is 0 Å². The van der Waals surface area contributed by atoms with Gasteiger partial charge in [-0.1, -0.05) is 0 Å². The molecular weight excluding hydrogens is 202 g/mol. The van der Waals surface area contributed by atoms with E-state index in [-0.39, 0.29) is 5.69 Å². The van der Waals surface area contributed by atoms with Gasteiger partial charge in [0.1, 0.15) is 0 Å². The minimum atomic E-state index is -0.443. The molecule has 1 aromatic carbocycles. The fraction of sp³-hybridized carbons (Fsp3) is 0. The molecule has 1 heterocycles. The first-order valence-electron chi connectivity index (χ1n) is 3.80. The first-order valence-corrected chi connectivity index (χ1v) is 4.21.